The van der Waals surface area contributed by atoms with E-state index < -0.39 is 13.3 Å². The Kier molecular flexibility index (Phi) is 9.54. The van der Waals surface area contributed by atoms with Crippen molar-refractivity contribution in [3.8, 4) is 22.6 Å². The number of fused-ring (bicyclic) bond motifs is 4. The third-order valence-corrected chi connectivity index (χ3v) is 12.0. The molecule has 225 valence electrons. The summed E-state index contributed by atoms with van der Waals surface area (Å²) in [6.45, 7) is 4.57. The Balaban J connectivity index is 0.000000173. The summed E-state index contributed by atoms with van der Waals surface area (Å²) >= 11 is -1.86. The molecule has 4 aromatic heterocycles. The first-order valence-electron chi connectivity index (χ1n) is 14.8. The number of nitrogens with zero attached hydrogens (tertiary/aromatic N) is 4. The third-order valence-electron chi connectivity index (χ3n) is 7.63. The summed E-state index contributed by atoms with van der Waals surface area (Å²) in [6, 6.07) is 32.9. The SMILES string of the molecule is CC(C)Cc1cc(-c2[c-]cccc2)nc[c]1[Ge]([CH3])([CH3])[CH3].Cn1c(-c2[c-]ccc3c2oc2ncccc23)nc2ccccc21.[Ir]. The molecule has 3 aromatic carbocycles. The normalized spacial score (nSPS) is 11.5. The summed E-state index contributed by atoms with van der Waals surface area (Å²) in [5.41, 5.74) is 7.96. The number of benzene rings is 3. The van der Waals surface area contributed by atoms with Crippen LogP contribution in [0, 0.1) is 18.1 Å². The minimum Gasteiger partial charge on any atom is -0.486 e. The third kappa shape index (κ3) is 6.44. The van der Waals surface area contributed by atoms with Gasteiger partial charge in [0.15, 0.2) is 0 Å². The van der Waals surface area contributed by atoms with E-state index in [1.807, 2.05) is 67.7 Å². The van der Waals surface area contributed by atoms with Gasteiger partial charge in [-0.1, -0.05) is 23.1 Å². The standard InChI is InChI=1S/C19H12N3O.C18H24GeN.Ir/c1-22-16-10-3-2-9-15(16)21-18(22)14-7-4-6-12-13-8-5-11-20-19(13)23-17(12)14;1-14(2)11-16-12-18(15-9-7-6-8-10-15)20-13-17(16)19(3,4)5;/h2-6,8-11H,1H3;6-9,12-14H,11H2,1-5H3;/q2*-1;. The minimum atomic E-state index is -1.86. The fourth-order valence-electron chi connectivity index (χ4n) is 5.59. The molecule has 0 aliphatic rings. The first kappa shape index (κ1) is 31.8. The Morgan fingerprint density at radius 3 is 2.41 bits per heavy atom. The average molecular weight is 818 g/mol. The molecule has 0 bridgehead atoms. The van der Waals surface area contributed by atoms with E-state index in [1.165, 1.54) is 5.56 Å². The van der Waals surface area contributed by atoms with Crippen molar-refractivity contribution in [2.24, 2.45) is 13.0 Å². The molecule has 0 unspecified atom stereocenters. The summed E-state index contributed by atoms with van der Waals surface area (Å²) in [7, 11) is 2.01. The van der Waals surface area contributed by atoms with E-state index in [1.54, 1.807) is 10.6 Å². The Morgan fingerprint density at radius 2 is 1.68 bits per heavy atom. The second-order valence-corrected chi connectivity index (χ2v) is 23.0. The van der Waals surface area contributed by atoms with Crippen LogP contribution >= 0.6 is 0 Å². The monoisotopic (exact) mass is 819 g/mol. The van der Waals surface area contributed by atoms with Gasteiger partial charge < -0.3 is 8.98 Å². The first-order chi connectivity index (χ1) is 20.7. The molecule has 0 fully saturated rings. The number of furan rings is 1. The molecular weight excluding hydrogens is 781 g/mol. The van der Waals surface area contributed by atoms with E-state index in [9.17, 15) is 0 Å². The predicted molar refractivity (Wildman–Crippen MR) is 180 cm³/mol. The van der Waals surface area contributed by atoms with Crippen LogP contribution < -0.4 is 4.40 Å². The Labute approximate surface area is 275 Å². The second-order valence-electron chi connectivity index (χ2n) is 12.4. The maximum absolute atomic E-state index is 5.99. The molecule has 0 spiro atoms. The zero-order valence-corrected chi connectivity index (χ0v) is 30.5. The molecule has 7 aromatic rings. The van der Waals surface area contributed by atoms with Crippen molar-refractivity contribution in [2.45, 2.75) is 37.5 Å². The molecule has 0 aliphatic carbocycles. The predicted octanol–water partition coefficient (Wildman–Crippen LogP) is 8.62. The number of hydrogen-bond donors (Lipinski definition) is 0. The number of aromatic nitrogens is 4. The van der Waals surface area contributed by atoms with Gasteiger partial charge in [0.05, 0.1) is 22.4 Å². The van der Waals surface area contributed by atoms with Crippen molar-refractivity contribution in [1.29, 1.82) is 0 Å². The fourth-order valence-corrected chi connectivity index (χ4v) is 8.93. The summed E-state index contributed by atoms with van der Waals surface area (Å²) in [5, 5.41) is 2.05. The summed E-state index contributed by atoms with van der Waals surface area (Å²) in [4.78, 5) is 13.8. The van der Waals surface area contributed by atoms with Gasteiger partial charge in [-0.15, -0.1) is 18.2 Å². The van der Waals surface area contributed by atoms with Crippen LogP contribution in [0.25, 0.3) is 55.7 Å². The maximum Gasteiger partial charge on any atom is 0.216 e. The van der Waals surface area contributed by atoms with Crippen LogP contribution in [0.4, 0.5) is 0 Å². The molecule has 44 heavy (non-hydrogen) atoms. The summed E-state index contributed by atoms with van der Waals surface area (Å²) in [5.74, 6) is 8.84. The first-order valence-corrected chi connectivity index (χ1v) is 22.1. The van der Waals surface area contributed by atoms with Gasteiger partial charge in [0.2, 0.25) is 5.71 Å². The second kappa shape index (κ2) is 13.2. The molecule has 5 nitrogen and oxygen atoms in total. The van der Waals surface area contributed by atoms with E-state index >= 15 is 0 Å². The number of imidazole rings is 1. The number of para-hydroxylation sites is 2. The molecule has 7 rings (SSSR count). The van der Waals surface area contributed by atoms with Crippen LogP contribution in [0.3, 0.4) is 0 Å². The number of rotatable bonds is 5. The van der Waals surface area contributed by atoms with Gasteiger partial charge in [0.1, 0.15) is 0 Å². The van der Waals surface area contributed by atoms with Crippen LogP contribution in [-0.2, 0) is 33.6 Å². The van der Waals surface area contributed by atoms with Crippen LogP contribution in [0.1, 0.15) is 19.4 Å². The van der Waals surface area contributed by atoms with Gasteiger partial charge in [-0.05, 0) is 24.3 Å². The van der Waals surface area contributed by atoms with Gasteiger partial charge in [0.25, 0.3) is 0 Å². The largest absolute Gasteiger partial charge is 0.486 e. The van der Waals surface area contributed by atoms with Crippen molar-refractivity contribution in [2.75, 3.05) is 0 Å². The average Bonchev–Trinajstić information content (AvgIpc) is 3.55. The molecule has 0 saturated heterocycles. The van der Waals surface area contributed by atoms with Gasteiger partial charge in [0, 0.05) is 38.7 Å². The van der Waals surface area contributed by atoms with Gasteiger partial charge >= 0.3 is 126 Å². The maximum atomic E-state index is 5.99. The van der Waals surface area contributed by atoms with E-state index in [2.05, 4.69) is 77.2 Å². The molecule has 0 amide bonds. The van der Waals surface area contributed by atoms with Crippen LogP contribution in [0.5, 0.6) is 0 Å². The molecule has 1 radical (unpaired) electrons. The smallest absolute Gasteiger partial charge is 0.216 e. The molecule has 0 aliphatic heterocycles. The van der Waals surface area contributed by atoms with Crippen molar-refractivity contribution < 1.29 is 24.5 Å². The number of pyridine rings is 2. The van der Waals surface area contributed by atoms with Crippen molar-refractivity contribution in [3.05, 3.63) is 109 Å². The number of aryl methyl sites for hydroxylation is 1. The zero-order valence-electron chi connectivity index (χ0n) is 26.0. The summed E-state index contributed by atoms with van der Waals surface area (Å²) in [6.07, 6.45) is 5.01. The van der Waals surface area contributed by atoms with Gasteiger partial charge in [-0.3, -0.25) is 4.98 Å². The molecule has 4 heterocycles. The van der Waals surface area contributed by atoms with Crippen LogP contribution in [0.2, 0.25) is 17.3 Å². The molecule has 7 heteroatoms. The Hall–Kier alpha value is -3.58. The molecule has 0 saturated carbocycles. The van der Waals surface area contributed by atoms with E-state index in [0.29, 0.717) is 11.6 Å². The topological polar surface area (TPSA) is 56.7 Å². The van der Waals surface area contributed by atoms with Crippen molar-refractivity contribution in [3.63, 3.8) is 0 Å². The summed E-state index contributed by atoms with van der Waals surface area (Å²) < 4.78 is 9.60. The van der Waals surface area contributed by atoms with Gasteiger partial charge in [-0.2, -0.15) is 0 Å². The Bertz CT molecular complexity index is 2040. The Morgan fingerprint density at radius 1 is 0.886 bits per heavy atom. The fraction of sp³-hybridized carbons (Fsp3) is 0.216. The van der Waals surface area contributed by atoms with Crippen LogP contribution in [-0.4, -0.2) is 32.8 Å². The molecule has 0 atom stereocenters. The molecule has 0 N–H and O–H groups in total. The zero-order chi connectivity index (χ0) is 30.1. The van der Waals surface area contributed by atoms with Crippen molar-refractivity contribution in [1.82, 2.24) is 19.5 Å². The number of hydrogen-bond acceptors (Lipinski definition) is 4. The van der Waals surface area contributed by atoms with E-state index in [0.717, 1.165) is 56.5 Å². The minimum absolute atomic E-state index is 0. The van der Waals surface area contributed by atoms with Crippen molar-refractivity contribution >= 4 is 50.8 Å². The van der Waals surface area contributed by atoms with Crippen LogP contribution in [0.15, 0.2) is 95.7 Å². The van der Waals surface area contributed by atoms with Gasteiger partial charge in [-0.25, -0.2) is 4.98 Å². The quantitative estimate of drug-likeness (QED) is 0.129. The van der Waals surface area contributed by atoms with E-state index in [4.69, 9.17) is 14.4 Å². The molecular formula is C37H36GeIrN4O-2. The van der Waals surface area contributed by atoms with E-state index in [-0.39, 0.29) is 20.1 Å².